The smallest absolute Gasteiger partial charge is 0.251 e. The molecule has 0 atom stereocenters. The van der Waals surface area contributed by atoms with E-state index in [-0.39, 0.29) is 11.7 Å². The van der Waals surface area contributed by atoms with Gasteiger partial charge in [-0.25, -0.2) is 9.37 Å². The third-order valence-corrected chi connectivity index (χ3v) is 7.16. The Labute approximate surface area is 214 Å². The fraction of sp³-hybridized carbons (Fsp3) is 0.250. The van der Waals surface area contributed by atoms with Crippen LogP contribution in [0, 0.1) is 5.82 Å². The molecule has 4 aromatic rings. The number of piperazine rings is 1. The second-order valence-electron chi connectivity index (χ2n) is 8.82. The van der Waals surface area contributed by atoms with Crippen molar-refractivity contribution >= 4 is 22.6 Å². The van der Waals surface area contributed by atoms with Crippen molar-refractivity contribution in [3.05, 3.63) is 102 Å². The van der Waals surface area contributed by atoms with Crippen molar-refractivity contribution in [3.8, 4) is 11.1 Å². The first-order valence-corrected chi connectivity index (χ1v) is 12.9. The molecule has 1 saturated heterocycles. The molecule has 0 radical (unpaired) electrons. The first-order valence-electron chi connectivity index (χ1n) is 12.1. The SMILES string of the molecule is O=C(NCCN1CCN(c2nc(Cc3ccc(F)cc3)ns2)CC1)c1ccc(-c2ccccc2)cc1. The van der Waals surface area contributed by atoms with E-state index >= 15 is 0 Å². The van der Waals surface area contributed by atoms with Crippen LogP contribution in [0.3, 0.4) is 0 Å². The highest BCUT2D eigenvalue weighted by Gasteiger charge is 2.20. The summed E-state index contributed by atoms with van der Waals surface area (Å²) in [6.07, 6.45) is 0.603. The Hall–Kier alpha value is -3.62. The van der Waals surface area contributed by atoms with Crippen LogP contribution < -0.4 is 10.2 Å². The summed E-state index contributed by atoms with van der Waals surface area (Å²) in [7, 11) is 0. The van der Waals surface area contributed by atoms with Crippen LogP contribution in [-0.4, -0.2) is 59.4 Å². The van der Waals surface area contributed by atoms with Gasteiger partial charge in [-0.15, -0.1) is 0 Å². The van der Waals surface area contributed by atoms with Gasteiger partial charge in [-0.1, -0.05) is 54.6 Å². The van der Waals surface area contributed by atoms with Gasteiger partial charge in [0.25, 0.3) is 5.91 Å². The quantitative estimate of drug-likeness (QED) is 0.386. The fourth-order valence-corrected chi connectivity index (χ4v) is 5.00. The molecular formula is C28H28FN5OS. The number of amides is 1. The van der Waals surface area contributed by atoms with Crippen molar-refractivity contribution in [1.29, 1.82) is 0 Å². The molecule has 8 heteroatoms. The van der Waals surface area contributed by atoms with Crippen LogP contribution in [0.2, 0.25) is 0 Å². The molecule has 1 aliphatic heterocycles. The molecule has 1 fully saturated rings. The number of nitrogens with zero attached hydrogens (tertiary/aromatic N) is 4. The van der Waals surface area contributed by atoms with Crippen LogP contribution in [0.15, 0.2) is 78.9 Å². The van der Waals surface area contributed by atoms with E-state index in [4.69, 9.17) is 0 Å². The van der Waals surface area contributed by atoms with Crippen LogP contribution in [0.5, 0.6) is 0 Å². The summed E-state index contributed by atoms with van der Waals surface area (Å²) in [5.41, 5.74) is 3.91. The Bertz CT molecular complexity index is 1270. The Balaban J connectivity index is 1.04. The van der Waals surface area contributed by atoms with Crippen LogP contribution >= 0.6 is 11.5 Å². The molecule has 1 N–H and O–H groups in total. The Morgan fingerprint density at radius 2 is 1.58 bits per heavy atom. The number of nitrogens with one attached hydrogen (secondary N) is 1. The van der Waals surface area contributed by atoms with Crippen LogP contribution in [0.25, 0.3) is 11.1 Å². The number of rotatable bonds is 8. The number of anilines is 1. The lowest BCUT2D eigenvalue weighted by Crippen LogP contribution is -2.48. The topological polar surface area (TPSA) is 61.4 Å². The van der Waals surface area contributed by atoms with Crippen LogP contribution in [-0.2, 0) is 6.42 Å². The second kappa shape index (κ2) is 11.4. The molecule has 0 spiro atoms. The average molecular weight is 502 g/mol. The van der Waals surface area contributed by atoms with Gasteiger partial charge >= 0.3 is 0 Å². The molecule has 184 valence electrons. The summed E-state index contributed by atoms with van der Waals surface area (Å²) in [6.45, 7) is 5.00. The minimum Gasteiger partial charge on any atom is -0.351 e. The predicted molar refractivity (Wildman–Crippen MR) is 142 cm³/mol. The highest BCUT2D eigenvalue weighted by Crippen LogP contribution is 2.21. The molecule has 0 unspecified atom stereocenters. The fourth-order valence-electron chi connectivity index (χ4n) is 4.27. The zero-order valence-electron chi connectivity index (χ0n) is 19.9. The van der Waals surface area contributed by atoms with E-state index in [9.17, 15) is 9.18 Å². The monoisotopic (exact) mass is 501 g/mol. The molecule has 0 saturated carbocycles. The Kier molecular flexibility index (Phi) is 7.64. The van der Waals surface area contributed by atoms with Crippen LogP contribution in [0.1, 0.15) is 21.7 Å². The number of halogens is 1. The number of carbonyl (C=O) groups excluding carboxylic acids is 1. The molecule has 36 heavy (non-hydrogen) atoms. The number of hydrogen-bond acceptors (Lipinski definition) is 6. The van der Waals surface area contributed by atoms with Gasteiger partial charge in [-0.2, -0.15) is 4.37 Å². The highest BCUT2D eigenvalue weighted by molar-refractivity contribution is 7.09. The number of hydrogen-bond donors (Lipinski definition) is 1. The van der Waals surface area contributed by atoms with Crippen LogP contribution in [0.4, 0.5) is 9.52 Å². The van der Waals surface area contributed by atoms with Gasteiger partial charge in [0.15, 0.2) is 0 Å². The lowest BCUT2D eigenvalue weighted by Gasteiger charge is -2.34. The Morgan fingerprint density at radius 3 is 2.31 bits per heavy atom. The molecule has 1 aromatic heterocycles. The number of benzene rings is 3. The molecule has 3 aromatic carbocycles. The lowest BCUT2D eigenvalue weighted by atomic mass is 10.0. The van der Waals surface area contributed by atoms with E-state index in [1.807, 2.05) is 42.5 Å². The van der Waals surface area contributed by atoms with Gasteiger partial charge in [0.05, 0.1) is 0 Å². The average Bonchev–Trinajstić information content (AvgIpc) is 3.39. The van der Waals surface area contributed by atoms with Crippen molar-refractivity contribution in [2.24, 2.45) is 0 Å². The highest BCUT2D eigenvalue weighted by atomic mass is 32.1. The van der Waals surface area contributed by atoms with Crippen molar-refractivity contribution in [3.63, 3.8) is 0 Å². The minimum absolute atomic E-state index is 0.0456. The summed E-state index contributed by atoms with van der Waals surface area (Å²) in [6, 6.07) is 24.3. The van der Waals surface area contributed by atoms with E-state index in [0.29, 0.717) is 18.5 Å². The summed E-state index contributed by atoms with van der Waals surface area (Å²) < 4.78 is 17.6. The normalized spacial score (nSPS) is 14.1. The summed E-state index contributed by atoms with van der Waals surface area (Å²) in [4.78, 5) is 21.9. The van der Waals surface area contributed by atoms with Gasteiger partial charge in [-0.05, 0) is 41.0 Å². The first-order chi connectivity index (χ1) is 17.6. The first kappa shape index (κ1) is 24.1. The zero-order valence-corrected chi connectivity index (χ0v) is 20.8. The van der Waals surface area contributed by atoms with Gasteiger partial charge in [-0.3, -0.25) is 9.69 Å². The van der Waals surface area contributed by atoms with E-state index in [2.05, 4.69) is 36.6 Å². The maximum atomic E-state index is 13.1. The number of carbonyl (C=O) groups is 1. The van der Waals surface area contributed by atoms with Gasteiger partial charge in [0, 0.05) is 62.8 Å². The minimum atomic E-state index is -0.236. The molecule has 5 rings (SSSR count). The molecular weight excluding hydrogens is 473 g/mol. The third kappa shape index (κ3) is 6.13. The van der Waals surface area contributed by atoms with E-state index in [0.717, 1.165) is 60.4 Å². The van der Waals surface area contributed by atoms with Crippen molar-refractivity contribution in [1.82, 2.24) is 19.6 Å². The largest absolute Gasteiger partial charge is 0.351 e. The van der Waals surface area contributed by atoms with Gasteiger partial charge in [0.1, 0.15) is 11.6 Å². The van der Waals surface area contributed by atoms with Crippen molar-refractivity contribution in [2.45, 2.75) is 6.42 Å². The zero-order chi connectivity index (χ0) is 24.7. The van der Waals surface area contributed by atoms with Gasteiger partial charge < -0.3 is 10.2 Å². The third-order valence-electron chi connectivity index (χ3n) is 6.34. The standard InChI is InChI=1S/C28H28FN5OS/c29-25-12-6-21(7-13-25)20-26-31-28(36-32-26)34-18-16-33(17-19-34)15-14-30-27(35)24-10-8-23(9-11-24)22-4-2-1-3-5-22/h1-13H,14-20H2,(H,30,35). The van der Waals surface area contributed by atoms with E-state index in [1.165, 1.54) is 23.7 Å². The molecule has 1 amide bonds. The molecule has 6 nitrogen and oxygen atoms in total. The predicted octanol–water partition coefficient (Wildman–Crippen LogP) is 4.49. The molecule has 0 bridgehead atoms. The Morgan fingerprint density at radius 1 is 0.889 bits per heavy atom. The summed E-state index contributed by atoms with van der Waals surface area (Å²) >= 11 is 1.41. The van der Waals surface area contributed by atoms with Gasteiger partial charge in [0.2, 0.25) is 5.13 Å². The van der Waals surface area contributed by atoms with E-state index < -0.39 is 0 Å². The maximum absolute atomic E-state index is 13.1. The second-order valence-corrected chi connectivity index (χ2v) is 9.55. The number of aromatic nitrogens is 2. The molecule has 2 heterocycles. The molecule has 1 aliphatic rings. The summed E-state index contributed by atoms with van der Waals surface area (Å²) in [5, 5.41) is 3.97. The maximum Gasteiger partial charge on any atom is 0.251 e. The van der Waals surface area contributed by atoms with Crippen molar-refractivity contribution in [2.75, 3.05) is 44.2 Å². The van der Waals surface area contributed by atoms with Crippen molar-refractivity contribution < 1.29 is 9.18 Å². The van der Waals surface area contributed by atoms with E-state index in [1.54, 1.807) is 12.1 Å². The molecule has 0 aliphatic carbocycles. The summed E-state index contributed by atoms with van der Waals surface area (Å²) in [5.74, 6) is 0.486. The lowest BCUT2D eigenvalue weighted by molar-refractivity contribution is 0.0948.